The number of rotatable bonds is 5. The van der Waals surface area contributed by atoms with Gasteiger partial charge in [-0.25, -0.2) is 4.98 Å². The number of thiophene rings is 1. The maximum Gasteiger partial charge on any atom is 0.263 e. The van der Waals surface area contributed by atoms with Crippen LogP contribution in [0.2, 0.25) is 0 Å². The summed E-state index contributed by atoms with van der Waals surface area (Å²) in [5.74, 6) is -0.188. The minimum Gasteiger partial charge on any atom is -0.350 e. The Morgan fingerprint density at radius 3 is 2.62 bits per heavy atom. The van der Waals surface area contributed by atoms with Gasteiger partial charge in [-0.3, -0.25) is 14.2 Å². The first-order valence-corrected chi connectivity index (χ1v) is 9.53. The van der Waals surface area contributed by atoms with Crippen molar-refractivity contribution in [1.29, 1.82) is 0 Å². The Hall–Kier alpha value is -2.47. The van der Waals surface area contributed by atoms with Crippen molar-refractivity contribution in [2.45, 2.75) is 46.2 Å². The molecule has 5 nitrogen and oxygen atoms in total. The Balaban J connectivity index is 1.98. The van der Waals surface area contributed by atoms with Crippen molar-refractivity contribution in [3.8, 4) is 11.1 Å². The zero-order valence-corrected chi connectivity index (χ0v) is 16.3. The van der Waals surface area contributed by atoms with Crippen LogP contribution in [0.15, 0.2) is 40.8 Å². The second-order valence-corrected chi connectivity index (χ2v) is 8.02. The Kier molecular flexibility index (Phi) is 4.96. The summed E-state index contributed by atoms with van der Waals surface area (Å²) in [5, 5.41) is 5.48. The van der Waals surface area contributed by atoms with E-state index in [4.69, 9.17) is 0 Å². The Morgan fingerprint density at radius 2 is 1.96 bits per heavy atom. The van der Waals surface area contributed by atoms with E-state index in [1.165, 1.54) is 27.8 Å². The zero-order chi connectivity index (χ0) is 18.9. The smallest absolute Gasteiger partial charge is 0.263 e. The third-order valence-corrected chi connectivity index (χ3v) is 5.49. The summed E-state index contributed by atoms with van der Waals surface area (Å²) in [6.45, 7) is 7.93. The lowest BCUT2D eigenvalue weighted by Crippen LogP contribution is -2.45. The average molecular weight is 369 g/mol. The number of aromatic nitrogens is 2. The van der Waals surface area contributed by atoms with Crippen LogP contribution in [0.5, 0.6) is 0 Å². The van der Waals surface area contributed by atoms with E-state index in [0.29, 0.717) is 10.2 Å². The molecule has 0 spiro atoms. The van der Waals surface area contributed by atoms with E-state index in [9.17, 15) is 9.59 Å². The molecule has 1 amide bonds. The molecule has 136 valence electrons. The van der Waals surface area contributed by atoms with Crippen LogP contribution in [0.25, 0.3) is 21.3 Å². The van der Waals surface area contributed by atoms with Crippen LogP contribution < -0.4 is 10.9 Å². The zero-order valence-electron chi connectivity index (χ0n) is 15.5. The van der Waals surface area contributed by atoms with Gasteiger partial charge < -0.3 is 5.32 Å². The Labute approximate surface area is 156 Å². The van der Waals surface area contributed by atoms with Crippen molar-refractivity contribution >= 4 is 27.5 Å². The number of carbonyl (C=O) groups excluding carboxylic acids is 1. The van der Waals surface area contributed by atoms with Crippen LogP contribution in [0.1, 0.15) is 32.8 Å². The van der Waals surface area contributed by atoms with Crippen molar-refractivity contribution in [2.24, 2.45) is 0 Å². The van der Waals surface area contributed by atoms with Crippen LogP contribution in [0.3, 0.4) is 0 Å². The van der Waals surface area contributed by atoms with Gasteiger partial charge in [-0.15, -0.1) is 11.3 Å². The van der Waals surface area contributed by atoms with Gasteiger partial charge in [0, 0.05) is 16.5 Å². The molecule has 1 N–H and O–H groups in total. The number of nitrogens with zero attached hydrogens (tertiary/aromatic N) is 2. The third kappa shape index (κ3) is 3.70. The van der Waals surface area contributed by atoms with Crippen LogP contribution in [-0.2, 0) is 11.3 Å². The number of fused-ring (bicyclic) bond motifs is 1. The molecule has 0 bridgehead atoms. The summed E-state index contributed by atoms with van der Waals surface area (Å²) in [6, 6.07) is 8.05. The molecule has 0 saturated carbocycles. The lowest BCUT2D eigenvalue weighted by atomic mass is 10.0. The summed E-state index contributed by atoms with van der Waals surface area (Å²) >= 11 is 1.44. The van der Waals surface area contributed by atoms with E-state index in [1.54, 1.807) is 0 Å². The molecule has 0 aliphatic carbocycles. The second-order valence-electron chi connectivity index (χ2n) is 7.16. The first-order chi connectivity index (χ1) is 12.3. The third-order valence-electron chi connectivity index (χ3n) is 4.60. The highest BCUT2D eigenvalue weighted by Gasteiger charge is 2.19. The number of carbonyl (C=O) groups is 1. The van der Waals surface area contributed by atoms with Crippen molar-refractivity contribution < 1.29 is 4.79 Å². The van der Waals surface area contributed by atoms with Gasteiger partial charge >= 0.3 is 0 Å². The van der Waals surface area contributed by atoms with E-state index >= 15 is 0 Å². The van der Waals surface area contributed by atoms with Crippen molar-refractivity contribution in [3.05, 3.63) is 51.9 Å². The van der Waals surface area contributed by atoms with Crippen LogP contribution in [0, 0.1) is 6.92 Å². The quantitative estimate of drug-likeness (QED) is 0.745. The molecule has 0 atom stereocenters. The Morgan fingerprint density at radius 1 is 1.27 bits per heavy atom. The number of nitrogens with one attached hydrogen (secondary N) is 1. The predicted molar refractivity (Wildman–Crippen MR) is 107 cm³/mol. The van der Waals surface area contributed by atoms with Crippen molar-refractivity contribution in [3.63, 3.8) is 0 Å². The molecular weight excluding hydrogens is 346 g/mol. The van der Waals surface area contributed by atoms with E-state index in [-0.39, 0.29) is 23.6 Å². The van der Waals surface area contributed by atoms with Gasteiger partial charge in [-0.2, -0.15) is 0 Å². The molecule has 26 heavy (non-hydrogen) atoms. The van der Waals surface area contributed by atoms with E-state index in [2.05, 4.69) is 10.3 Å². The molecule has 1 aromatic carbocycles. The van der Waals surface area contributed by atoms with Crippen LogP contribution in [0.4, 0.5) is 0 Å². The van der Waals surface area contributed by atoms with Gasteiger partial charge in [0.15, 0.2) is 0 Å². The predicted octanol–water partition coefficient (Wildman–Crippen LogP) is 3.74. The van der Waals surface area contributed by atoms with Gasteiger partial charge in [0.25, 0.3) is 5.56 Å². The summed E-state index contributed by atoms with van der Waals surface area (Å²) in [7, 11) is 0. The molecular formula is C20H23N3O2S. The molecule has 0 fully saturated rings. The van der Waals surface area contributed by atoms with E-state index < -0.39 is 0 Å². The highest BCUT2D eigenvalue weighted by molar-refractivity contribution is 7.17. The number of aryl methyl sites for hydroxylation is 1. The van der Waals surface area contributed by atoms with Crippen LogP contribution in [-0.4, -0.2) is 21.0 Å². The van der Waals surface area contributed by atoms with Gasteiger partial charge in [0.05, 0.1) is 11.7 Å². The minimum atomic E-state index is -0.298. The summed E-state index contributed by atoms with van der Waals surface area (Å²) in [4.78, 5) is 30.3. The van der Waals surface area contributed by atoms with Gasteiger partial charge in [0.1, 0.15) is 11.4 Å². The molecule has 0 saturated heterocycles. The SMILES string of the molecule is CCC(C)(C)NC(=O)Cn1cnc2scc(-c3ccc(C)cc3)c2c1=O. The maximum absolute atomic E-state index is 13.0. The summed E-state index contributed by atoms with van der Waals surface area (Å²) < 4.78 is 1.38. The van der Waals surface area contributed by atoms with E-state index in [1.807, 2.05) is 57.3 Å². The highest BCUT2D eigenvalue weighted by Crippen LogP contribution is 2.30. The van der Waals surface area contributed by atoms with Crippen molar-refractivity contribution in [2.75, 3.05) is 0 Å². The molecule has 3 rings (SSSR count). The summed E-state index contributed by atoms with van der Waals surface area (Å²) in [5.41, 5.74) is 2.53. The molecule has 2 aromatic heterocycles. The lowest BCUT2D eigenvalue weighted by Gasteiger charge is -2.24. The molecule has 2 heterocycles. The molecule has 0 aliphatic heterocycles. The Bertz CT molecular complexity index is 1000. The van der Waals surface area contributed by atoms with Gasteiger partial charge in [0.2, 0.25) is 5.91 Å². The van der Waals surface area contributed by atoms with Gasteiger partial charge in [-0.05, 0) is 32.8 Å². The number of hydrogen-bond acceptors (Lipinski definition) is 4. The first kappa shape index (κ1) is 18.3. The largest absolute Gasteiger partial charge is 0.350 e. The molecule has 0 aliphatic rings. The molecule has 3 aromatic rings. The lowest BCUT2D eigenvalue weighted by molar-refractivity contribution is -0.123. The number of amides is 1. The number of hydrogen-bond donors (Lipinski definition) is 1. The minimum absolute atomic E-state index is 0.0333. The summed E-state index contributed by atoms with van der Waals surface area (Å²) in [6.07, 6.45) is 2.27. The average Bonchev–Trinajstić information content (AvgIpc) is 3.02. The molecule has 0 unspecified atom stereocenters. The number of benzene rings is 1. The van der Waals surface area contributed by atoms with E-state index in [0.717, 1.165) is 17.5 Å². The maximum atomic E-state index is 13.0. The van der Waals surface area contributed by atoms with Crippen molar-refractivity contribution in [1.82, 2.24) is 14.9 Å². The monoisotopic (exact) mass is 369 g/mol. The normalized spacial score (nSPS) is 11.7. The molecule has 6 heteroatoms. The molecule has 0 radical (unpaired) electrons. The van der Waals surface area contributed by atoms with Gasteiger partial charge in [-0.1, -0.05) is 36.8 Å². The second kappa shape index (κ2) is 7.03. The highest BCUT2D eigenvalue weighted by atomic mass is 32.1. The van der Waals surface area contributed by atoms with Crippen LogP contribution >= 0.6 is 11.3 Å². The fraction of sp³-hybridized carbons (Fsp3) is 0.350. The topological polar surface area (TPSA) is 64.0 Å². The fourth-order valence-electron chi connectivity index (χ4n) is 2.69. The fourth-order valence-corrected chi connectivity index (χ4v) is 3.59. The first-order valence-electron chi connectivity index (χ1n) is 8.65. The standard InChI is InChI=1S/C20H23N3O2S/c1-5-20(3,4)22-16(24)10-23-12-21-18-17(19(23)25)15(11-26-18)14-8-6-13(2)7-9-14/h6-9,11-12H,5,10H2,1-4H3,(H,22,24).